The van der Waals surface area contributed by atoms with E-state index < -0.39 is 5.97 Å². The smallest absolute Gasteiger partial charge is 0.305 e. The van der Waals surface area contributed by atoms with Crippen LogP contribution >= 0.6 is 0 Å². The molecule has 0 aliphatic rings. The predicted octanol–water partition coefficient (Wildman–Crippen LogP) is 5.47. The van der Waals surface area contributed by atoms with Crippen LogP contribution in [0, 0.1) is 0 Å². The highest BCUT2D eigenvalue weighted by Gasteiger charge is 2.09. The van der Waals surface area contributed by atoms with Crippen LogP contribution in [0.3, 0.4) is 0 Å². The first kappa shape index (κ1) is 26.9. The molecule has 0 heterocycles. The molecule has 0 radical (unpaired) electrons. The second-order valence-electron chi connectivity index (χ2n) is 7.26. The van der Waals surface area contributed by atoms with Gasteiger partial charge in [-0.3, -0.25) is 9.59 Å². The molecule has 0 aromatic carbocycles. The van der Waals surface area contributed by atoms with E-state index in [0.29, 0.717) is 19.4 Å². The quantitative estimate of drug-likeness (QED) is 0.156. The molecule has 6 heteroatoms. The number of esters is 1. The van der Waals surface area contributed by atoms with Crippen molar-refractivity contribution < 1.29 is 28.9 Å². The van der Waals surface area contributed by atoms with Gasteiger partial charge in [0.2, 0.25) is 0 Å². The van der Waals surface area contributed by atoms with Crippen LogP contribution in [0.4, 0.5) is 0 Å². The fourth-order valence-electron chi connectivity index (χ4n) is 2.68. The summed E-state index contributed by atoms with van der Waals surface area (Å²) in [5.74, 6) is -0.879. The molecule has 0 bridgehead atoms. The lowest BCUT2D eigenvalue weighted by molar-refractivity contribution is -0.149. The van der Waals surface area contributed by atoms with Crippen molar-refractivity contribution in [3.05, 3.63) is 0 Å². The van der Waals surface area contributed by atoms with Crippen LogP contribution in [-0.2, 0) is 23.8 Å². The number of carbonyl (C=O) groups excluding carboxylic acids is 1. The third kappa shape index (κ3) is 19.6. The topological polar surface area (TPSA) is 82.1 Å². The van der Waals surface area contributed by atoms with Gasteiger partial charge in [-0.05, 0) is 44.9 Å². The Balaban J connectivity index is 3.62. The standard InChI is InChI=1S/C22H42O6/c1-3-5-17-27-22(28-18-6-4-2)16-12-13-19-26-21(25)15-11-9-7-8-10-14-20(23)24/h22H,3-19H2,1-2H3,(H,23,24). The Morgan fingerprint density at radius 1 is 0.714 bits per heavy atom. The molecule has 0 fully saturated rings. The summed E-state index contributed by atoms with van der Waals surface area (Å²) in [6, 6.07) is 0. The summed E-state index contributed by atoms with van der Waals surface area (Å²) in [6.07, 6.45) is 11.8. The molecule has 6 nitrogen and oxygen atoms in total. The zero-order chi connectivity index (χ0) is 20.9. The average molecular weight is 403 g/mol. The molecule has 0 saturated carbocycles. The number of carboxylic acid groups (broad SMARTS) is 1. The summed E-state index contributed by atoms with van der Waals surface area (Å²) in [5, 5.41) is 8.56. The van der Waals surface area contributed by atoms with Gasteiger partial charge in [0.25, 0.3) is 0 Å². The lowest BCUT2D eigenvalue weighted by Crippen LogP contribution is -2.19. The average Bonchev–Trinajstić information content (AvgIpc) is 2.66. The van der Waals surface area contributed by atoms with Crippen molar-refractivity contribution in [3.8, 4) is 0 Å². The predicted molar refractivity (Wildman–Crippen MR) is 110 cm³/mol. The van der Waals surface area contributed by atoms with Crippen molar-refractivity contribution >= 4 is 11.9 Å². The highest BCUT2D eigenvalue weighted by molar-refractivity contribution is 5.69. The van der Waals surface area contributed by atoms with Gasteiger partial charge in [-0.1, -0.05) is 46.0 Å². The van der Waals surface area contributed by atoms with E-state index in [4.69, 9.17) is 19.3 Å². The molecule has 0 aromatic heterocycles. The van der Waals surface area contributed by atoms with Gasteiger partial charge in [-0.15, -0.1) is 0 Å². The molecule has 0 unspecified atom stereocenters. The van der Waals surface area contributed by atoms with Gasteiger partial charge in [0, 0.05) is 26.1 Å². The van der Waals surface area contributed by atoms with Crippen LogP contribution in [0.25, 0.3) is 0 Å². The minimum Gasteiger partial charge on any atom is -0.481 e. The number of ether oxygens (including phenoxy) is 3. The lowest BCUT2D eigenvalue weighted by atomic mass is 10.1. The monoisotopic (exact) mass is 402 g/mol. The number of carbonyl (C=O) groups is 2. The van der Waals surface area contributed by atoms with Crippen molar-refractivity contribution in [1.29, 1.82) is 0 Å². The van der Waals surface area contributed by atoms with Gasteiger partial charge in [-0.25, -0.2) is 0 Å². The van der Waals surface area contributed by atoms with Crippen LogP contribution < -0.4 is 0 Å². The van der Waals surface area contributed by atoms with Crippen molar-refractivity contribution in [2.24, 2.45) is 0 Å². The molecule has 166 valence electrons. The number of hydrogen-bond donors (Lipinski definition) is 1. The van der Waals surface area contributed by atoms with E-state index in [1.54, 1.807) is 0 Å². The summed E-state index contributed by atoms with van der Waals surface area (Å²) >= 11 is 0. The Hall–Kier alpha value is -1.14. The van der Waals surface area contributed by atoms with Crippen LogP contribution in [0.1, 0.15) is 104 Å². The summed E-state index contributed by atoms with van der Waals surface area (Å²) in [5.41, 5.74) is 0. The third-order valence-corrected chi connectivity index (χ3v) is 4.47. The van der Waals surface area contributed by atoms with Gasteiger partial charge in [-0.2, -0.15) is 0 Å². The summed E-state index contributed by atoms with van der Waals surface area (Å²) < 4.78 is 16.9. The highest BCUT2D eigenvalue weighted by Crippen LogP contribution is 2.11. The van der Waals surface area contributed by atoms with Crippen LogP contribution in [-0.4, -0.2) is 43.2 Å². The number of hydrogen-bond acceptors (Lipinski definition) is 5. The Morgan fingerprint density at radius 2 is 1.29 bits per heavy atom. The first-order valence-corrected chi connectivity index (χ1v) is 11.2. The van der Waals surface area contributed by atoms with Crippen LogP contribution in [0.5, 0.6) is 0 Å². The van der Waals surface area contributed by atoms with E-state index in [1.807, 2.05) is 0 Å². The van der Waals surface area contributed by atoms with Gasteiger partial charge < -0.3 is 19.3 Å². The molecule has 0 aliphatic heterocycles. The van der Waals surface area contributed by atoms with Crippen molar-refractivity contribution in [3.63, 3.8) is 0 Å². The Labute approximate surface area is 171 Å². The molecule has 0 atom stereocenters. The molecule has 28 heavy (non-hydrogen) atoms. The molecular formula is C22H42O6. The van der Waals surface area contributed by atoms with Crippen molar-refractivity contribution in [2.45, 2.75) is 110 Å². The third-order valence-electron chi connectivity index (χ3n) is 4.47. The normalized spacial score (nSPS) is 11.1. The summed E-state index contributed by atoms with van der Waals surface area (Å²) in [4.78, 5) is 22.1. The van der Waals surface area contributed by atoms with E-state index in [9.17, 15) is 9.59 Å². The van der Waals surface area contributed by atoms with Gasteiger partial charge >= 0.3 is 11.9 Å². The second-order valence-corrected chi connectivity index (χ2v) is 7.26. The Morgan fingerprint density at radius 3 is 1.86 bits per heavy atom. The van der Waals surface area contributed by atoms with E-state index >= 15 is 0 Å². The SMILES string of the molecule is CCCCOC(CCCCOC(=O)CCCCCCCC(=O)O)OCCCC. The first-order valence-electron chi connectivity index (χ1n) is 11.2. The van der Waals surface area contributed by atoms with E-state index in [2.05, 4.69) is 13.8 Å². The lowest BCUT2D eigenvalue weighted by Gasteiger charge is -2.18. The van der Waals surface area contributed by atoms with Crippen LogP contribution in [0.15, 0.2) is 0 Å². The van der Waals surface area contributed by atoms with Crippen molar-refractivity contribution in [1.82, 2.24) is 0 Å². The van der Waals surface area contributed by atoms with Crippen LogP contribution in [0.2, 0.25) is 0 Å². The number of carboxylic acids is 1. The van der Waals surface area contributed by atoms with Gasteiger partial charge in [0.15, 0.2) is 6.29 Å². The molecular weight excluding hydrogens is 360 g/mol. The first-order chi connectivity index (χ1) is 13.6. The Kier molecular flexibility index (Phi) is 19.8. The molecule has 0 aliphatic carbocycles. The zero-order valence-electron chi connectivity index (χ0n) is 18.1. The maximum absolute atomic E-state index is 11.7. The summed E-state index contributed by atoms with van der Waals surface area (Å²) in [7, 11) is 0. The van der Waals surface area contributed by atoms with E-state index in [1.165, 1.54) is 0 Å². The van der Waals surface area contributed by atoms with E-state index in [0.717, 1.165) is 83.8 Å². The second kappa shape index (κ2) is 20.6. The fourth-order valence-corrected chi connectivity index (χ4v) is 2.68. The zero-order valence-corrected chi connectivity index (χ0v) is 18.1. The number of unbranched alkanes of at least 4 members (excludes halogenated alkanes) is 7. The Bertz CT molecular complexity index is 362. The van der Waals surface area contributed by atoms with Gasteiger partial charge in [0.05, 0.1) is 6.61 Å². The molecule has 0 amide bonds. The summed E-state index contributed by atoms with van der Waals surface area (Å²) in [6.45, 7) is 6.21. The maximum Gasteiger partial charge on any atom is 0.305 e. The number of rotatable bonds is 21. The maximum atomic E-state index is 11.7. The molecule has 0 rings (SSSR count). The molecule has 0 saturated heterocycles. The minimum atomic E-state index is -0.741. The largest absolute Gasteiger partial charge is 0.481 e. The molecule has 0 spiro atoms. The fraction of sp³-hybridized carbons (Fsp3) is 0.909. The molecule has 1 N–H and O–H groups in total. The van der Waals surface area contributed by atoms with Crippen molar-refractivity contribution in [2.75, 3.05) is 19.8 Å². The molecule has 0 aromatic rings. The minimum absolute atomic E-state index is 0.138. The van der Waals surface area contributed by atoms with Gasteiger partial charge in [0.1, 0.15) is 0 Å². The highest BCUT2D eigenvalue weighted by atomic mass is 16.7. The number of aliphatic carboxylic acids is 1. The van der Waals surface area contributed by atoms with E-state index in [-0.39, 0.29) is 18.7 Å².